The van der Waals surface area contributed by atoms with Gasteiger partial charge in [-0.15, -0.1) is 0 Å². The molecule has 1 fully saturated rings. The molecule has 0 aromatic heterocycles. The van der Waals surface area contributed by atoms with E-state index < -0.39 is 0 Å². The van der Waals surface area contributed by atoms with Crippen LogP contribution in [0.5, 0.6) is 0 Å². The zero-order chi connectivity index (χ0) is 10.6. The lowest BCUT2D eigenvalue weighted by atomic mass is 9.86. The minimum Gasteiger partial charge on any atom is -0.469 e. The van der Waals surface area contributed by atoms with Crippen molar-refractivity contribution in [1.82, 2.24) is 5.32 Å². The first-order chi connectivity index (χ1) is 6.63. The van der Waals surface area contributed by atoms with Crippen molar-refractivity contribution in [2.24, 2.45) is 5.92 Å². The minimum atomic E-state index is -0.0343. The van der Waals surface area contributed by atoms with Gasteiger partial charge in [0.1, 0.15) is 0 Å². The zero-order valence-corrected chi connectivity index (χ0v) is 9.38. The molecule has 0 aromatic rings. The van der Waals surface area contributed by atoms with Crippen LogP contribution in [0.1, 0.15) is 39.5 Å². The Morgan fingerprint density at radius 1 is 1.29 bits per heavy atom. The summed E-state index contributed by atoms with van der Waals surface area (Å²) in [5.74, 6) is 0.109. The summed E-state index contributed by atoms with van der Waals surface area (Å²) in [6.45, 7) is 4.32. The van der Waals surface area contributed by atoms with Crippen molar-refractivity contribution in [2.75, 3.05) is 7.11 Å². The highest BCUT2D eigenvalue weighted by molar-refractivity contribution is 5.72. The lowest BCUT2D eigenvalue weighted by molar-refractivity contribution is -0.146. The van der Waals surface area contributed by atoms with E-state index in [1.54, 1.807) is 0 Å². The molecule has 82 valence electrons. The predicted molar refractivity (Wildman–Crippen MR) is 56.0 cm³/mol. The molecule has 3 heteroatoms. The molecule has 0 radical (unpaired) electrons. The number of ether oxygens (including phenoxy) is 1. The van der Waals surface area contributed by atoms with Gasteiger partial charge in [-0.3, -0.25) is 4.79 Å². The van der Waals surface area contributed by atoms with E-state index in [2.05, 4.69) is 19.2 Å². The maximum atomic E-state index is 11.3. The first kappa shape index (κ1) is 11.5. The maximum Gasteiger partial charge on any atom is 0.308 e. The van der Waals surface area contributed by atoms with Crippen molar-refractivity contribution >= 4 is 5.97 Å². The molecule has 0 spiro atoms. The second-order valence-electron chi connectivity index (χ2n) is 4.39. The van der Waals surface area contributed by atoms with Crippen LogP contribution in [-0.2, 0) is 9.53 Å². The molecule has 0 amide bonds. The predicted octanol–water partition coefficient (Wildman–Crippen LogP) is 1.72. The van der Waals surface area contributed by atoms with Gasteiger partial charge in [-0.1, -0.05) is 13.8 Å². The fourth-order valence-electron chi connectivity index (χ4n) is 2.13. The van der Waals surface area contributed by atoms with Gasteiger partial charge in [0.05, 0.1) is 13.0 Å². The minimum absolute atomic E-state index is 0.0343. The van der Waals surface area contributed by atoms with Gasteiger partial charge in [-0.25, -0.2) is 0 Å². The molecular formula is C11H21NO2. The summed E-state index contributed by atoms with van der Waals surface area (Å²) in [7, 11) is 1.47. The van der Waals surface area contributed by atoms with Crippen molar-refractivity contribution in [2.45, 2.75) is 51.6 Å². The van der Waals surface area contributed by atoms with Gasteiger partial charge in [0, 0.05) is 12.1 Å². The van der Waals surface area contributed by atoms with E-state index in [-0.39, 0.29) is 11.9 Å². The van der Waals surface area contributed by atoms with Crippen LogP contribution >= 0.6 is 0 Å². The average molecular weight is 199 g/mol. The number of nitrogens with one attached hydrogen (secondary N) is 1. The Hall–Kier alpha value is -0.570. The molecule has 0 heterocycles. The zero-order valence-electron chi connectivity index (χ0n) is 9.38. The van der Waals surface area contributed by atoms with Crippen molar-refractivity contribution in [3.05, 3.63) is 0 Å². The molecule has 1 aliphatic carbocycles. The molecular weight excluding hydrogens is 178 g/mol. The Labute approximate surface area is 86.2 Å². The molecule has 0 bridgehead atoms. The van der Waals surface area contributed by atoms with Gasteiger partial charge in [0.15, 0.2) is 0 Å². The summed E-state index contributed by atoms with van der Waals surface area (Å²) in [5.41, 5.74) is 0. The summed E-state index contributed by atoms with van der Waals surface area (Å²) in [4.78, 5) is 11.3. The molecule has 1 saturated carbocycles. The highest BCUT2D eigenvalue weighted by Crippen LogP contribution is 2.25. The molecule has 0 aromatic carbocycles. The van der Waals surface area contributed by atoms with E-state index in [0.717, 1.165) is 25.7 Å². The summed E-state index contributed by atoms with van der Waals surface area (Å²) < 4.78 is 4.75. The van der Waals surface area contributed by atoms with Gasteiger partial charge in [0.2, 0.25) is 0 Å². The third-order valence-corrected chi connectivity index (χ3v) is 2.83. The normalized spacial score (nSPS) is 27.7. The lowest BCUT2D eigenvalue weighted by Crippen LogP contribution is -2.38. The highest BCUT2D eigenvalue weighted by Gasteiger charge is 2.26. The summed E-state index contributed by atoms with van der Waals surface area (Å²) in [6.07, 6.45) is 4.13. The SMILES string of the molecule is COC(=O)[C@H]1CC[C@H](NC(C)C)CC1. The van der Waals surface area contributed by atoms with E-state index in [0.29, 0.717) is 12.1 Å². The topological polar surface area (TPSA) is 38.3 Å². The Balaban J connectivity index is 2.27. The fraction of sp³-hybridized carbons (Fsp3) is 0.909. The summed E-state index contributed by atoms with van der Waals surface area (Å²) in [6, 6.07) is 1.13. The number of rotatable bonds is 3. The molecule has 1 aliphatic rings. The van der Waals surface area contributed by atoms with Crippen LogP contribution in [0.15, 0.2) is 0 Å². The van der Waals surface area contributed by atoms with Gasteiger partial charge >= 0.3 is 5.97 Å². The van der Waals surface area contributed by atoms with Crippen molar-refractivity contribution < 1.29 is 9.53 Å². The van der Waals surface area contributed by atoms with E-state index in [9.17, 15) is 4.79 Å². The second-order valence-corrected chi connectivity index (χ2v) is 4.39. The second kappa shape index (κ2) is 5.35. The molecule has 3 nitrogen and oxygen atoms in total. The largest absolute Gasteiger partial charge is 0.469 e. The molecule has 1 N–H and O–H groups in total. The van der Waals surface area contributed by atoms with Crippen LogP contribution in [0, 0.1) is 5.92 Å². The van der Waals surface area contributed by atoms with Crippen LogP contribution in [0.4, 0.5) is 0 Å². The van der Waals surface area contributed by atoms with E-state index in [1.165, 1.54) is 7.11 Å². The van der Waals surface area contributed by atoms with Crippen LogP contribution in [0.25, 0.3) is 0 Å². The Morgan fingerprint density at radius 3 is 2.29 bits per heavy atom. The Kier molecular flexibility index (Phi) is 4.39. The van der Waals surface area contributed by atoms with Crippen molar-refractivity contribution in [1.29, 1.82) is 0 Å². The van der Waals surface area contributed by atoms with Gasteiger partial charge in [0.25, 0.3) is 0 Å². The smallest absolute Gasteiger partial charge is 0.308 e. The van der Waals surface area contributed by atoms with E-state index in [1.807, 2.05) is 0 Å². The first-order valence-corrected chi connectivity index (χ1v) is 5.47. The van der Waals surface area contributed by atoms with Crippen LogP contribution in [0.2, 0.25) is 0 Å². The third-order valence-electron chi connectivity index (χ3n) is 2.83. The summed E-state index contributed by atoms with van der Waals surface area (Å²) in [5, 5.41) is 3.51. The number of hydrogen-bond acceptors (Lipinski definition) is 3. The van der Waals surface area contributed by atoms with Gasteiger partial charge in [-0.05, 0) is 25.7 Å². The van der Waals surface area contributed by atoms with Crippen LogP contribution in [0.3, 0.4) is 0 Å². The summed E-state index contributed by atoms with van der Waals surface area (Å²) >= 11 is 0. The standard InChI is InChI=1S/C11H21NO2/c1-8(2)12-10-6-4-9(5-7-10)11(13)14-3/h8-10,12H,4-7H2,1-3H3/t9-,10-. The van der Waals surface area contributed by atoms with Gasteiger partial charge < -0.3 is 10.1 Å². The number of hydrogen-bond donors (Lipinski definition) is 1. The third kappa shape index (κ3) is 3.29. The molecule has 14 heavy (non-hydrogen) atoms. The van der Waals surface area contributed by atoms with Crippen LogP contribution < -0.4 is 5.32 Å². The molecule has 0 saturated heterocycles. The van der Waals surface area contributed by atoms with E-state index in [4.69, 9.17) is 4.74 Å². The Bertz CT molecular complexity index is 184. The quantitative estimate of drug-likeness (QED) is 0.703. The molecule has 1 rings (SSSR count). The van der Waals surface area contributed by atoms with E-state index >= 15 is 0 Å². The molecule has 0 atom stereocenters. The van der Waals surface area contributed by atoms with Crippen molar-refractivity contribution in [3.63, 3.8) is 0 Å². The number of carbonyl (C=O) groups excluding carboxylic acids is 1. The van der Waals surface area contributed by atoms with Gasteiger partial charge in [-0.2, -0.15) is 0 Å². The molecule has 0 unspecified atom stereocenters. The van der Waals surface area contributed by atoms with Crippen LogP contribution in [-0.4, -0.2) is 25.2 Å². The lowest BCUT2D eigenvalue weighted by Gasteiger charge is -2.29. The average Bonchev–Trinajstić information content (AvgIpc) is 2.17. The fourth-order valence-corrected chi connectivity index (χ4v) is 2.13. The number of esters is 1. The first-order valence-electron chi connectivity index (χ1n) is 5.47. The monoisotopic (exact) mass is 199 g/mol. The number of carbonyl (C=O) groups is 1. The maximum absolute atomic E-state index is 11.3. The number of methoxy groups -OCH3 is 1. The van der Waals surface area contributed by atoms with Crippen molar-refractivity contribution in [3.8, 4) is 0 Å². The molecule has 0 aliphatic heterocycles. The highest BCUT2D eigenvalue weighted by atomic mass is 16.5. The Morgan fingerprint density at radius 2 is 1.86 bits per heavy atom.